The third-order valence-electron chi connectivity index (χ3n) is 2.65. The Morgan fingerprint density at radius 2 is 2.35 bits per heavy atom. The average Bonchev–Trinajstić information content (AvgIpc) is 2.29. The Kier molecular flexibility index (Phi) is 5.65. The van der Waals surface area contributed by atoms with Crippen molar-refractivity contribution < 1.29 is 9.59 Å². The van der Waals surface area contributed by atoms with E-state index in [0.29, 0.717) is 12.6 Å². The minimum absolute atomic E-state index is 0.254. The number of piperazine rings is 1. The number of rotatable bonds is 4. The van der Waals surface area contributed by atoms with E-state index in [1.165, 1.54) is 0 Å². The number of urea groups is 1. The van der Waals surface area contributed by atoms with Gasteiger partial charge in [-0.05, 0) is 6.92 Å². The quantitative estimate of drug-likeness (QED) is 0.568. The van der Waals surface area contributed by atoms with Gasteiger partial charge in [0, 0.05) is 32.2 Å². The molecule has 96 valence electrons. The number of imide groups is 1. The Morgan fingerprint density at radius 3 is 3.00 bits per heavy atom. The van der Waals surface area contributed by atoms with Crippen LogP contribution < -0.4 is 16.0 Å². The highest BCUT2D eigenvalue weighted by atomic mass is 16.2. The number of hydrogen-bond donors (Lipinski definition) is 3. The maximum absolute atomic E-state index is 11.6. The predicted octanol–water partition coefficient (Wildman–Crippen LogP) is -0.708. The van der Waals surface area contributed by atoms with Crippen LogP contribution in [0.4, 0.5) is 4.79 Å². The maximum atomic E-state index is 11.6. The van der Waals surface area contributed by atoms with Gasteiger partial charge in [-0.15, -0.1) is 6.58 Å². The Hall–Kier alpha value is -1.40. The van der Waals surface area contributed by atoms with E-state index in [0.717, 1.165) is 19.6 Å². The Balaban J connectivity index is 2.28. The highest BCUT2D eigenvalue weighted by Crippen LogP contribution is 2.00. The normalized spacial score (nSPS) is 20.6. The van der Waals surface area contributed by atoms with Gasteiger partial charge in [0.2, 0.25) is 5.91 Å². The van der Waals surface area contributed by atoms with Crippen LogP contribution in [-0.4, -0.2) is 55.6 Å². The standard InChI is InChI=1S/C11H20N4O2/c1-3-4-13-11(17)14-10(16)8-15-6-5-12-7-9(15)2/h3,9,12H,1,4-8H2,2H3,(H2,13,14,16,17). The van der Waals surface area contributed by atoms with Gasteiger partial charge in [0.15, 0.2) is 0 Å². The van der Waals surface area contributed by atoms with Gasteiger partial charge in [-0.3, -0.25) is 15.0 Å². The molecule has 0 radical (unpaired) electrons. The van der Waals surface area contributed by atoms with Crippen molar-refractivity contribution in [1.82, 2.24) is 20.9 Å². The van der Waals surface area contributed by atoms with Crippen LogP contribution in [0.2, 0.25) is 0 Å². The first-order valence-electron chi connectivity index (χ1n) is 5.77. The van der Waals surface area contributed by atoms with E-state index in [-0.39, 0.29) is 12.5 Å². The highest BCUT2D eigenvalue weighted by molar-refractivity contribution is 5.95. The molecule has 1 aliphatic rings. The summed E-state index contributed by atoms with van der Waals surface area (Å²) in [6, 6.07) is -0.163. The fraction of sp³-hybridized carbons (Fsp3) is 0.636. The summed E-state index contributed by atoms with van der Waals surface area (Å²) in [5, 5.41) is 8.02. The largest absolute Gasteiger partial charge is 0.334 e. The molecule has 1 unspecified atom stereocenters. The number of hydrogen-bond acceptors (Lipinski definition) is 4. The summed E-state index contributed by atoms with van der Waals surface area (Å²) in [5.41, 5.74) is 0. The van der Waals surface area contributed by atoms with Gasteiger partial charge in [-0.1, -0.05) is 6.08 Å². The minimum atomic E-state index is -0.474. The lowest BCUT2D eigenvalue weighted by atomic mass is 10.2. The molecular formula is C11H20N4O2. The summed E-state index contributed by atoms with van der Waals surface area (Å²) in [4.78, 5) is 24.8. The molecule has 1 aliphatic heterocycles. The molecule has 0 aromatic carbocycles. The highest BCUT2D eigenvalue weighted by Gasteiger charge is 2.20. The van der Waals surface area contributed by atoms with Crippen molar-refractivity contribution >= 4 is 11.9 Å². The number of nitrogens with one attached hydrogen (secondary N) is 3. The molecule has 0 aliphatic carbocycles. The monoisotopic (exact) mass is 240 g/mol. The van der Waals surface area contributed by atoms with Crippen LogP contribution in [0, 0.1) is 0 Å². The summed E-state index contributed by atoms with van der Waals surface area (Å²) < 4.78 is 0. The van der Waals surface area contributed by atoms with Gasteiger partial charge in [0.1, 0.15) is 0 Å². The van der Waals surface area contributed by atoms with E-state index in [9.17, 15) is 9.59 Å². The molecule has 0 aromatic heterocycles. The zero-order valence-electron chi connectivity index (χ0n) is 10.2. The van der Waals surface area contributed by atoms with Crippen LogP contribution >= 0.6 is 0 Å². The lowest BCUT2D eigenvalue weighted by molar-refractivity contribution is -0.121. The van der Waals surface area contributed by atoms with Crippen molar-refractivity contribution in [2.45, 2.75) is 13.0 Å². The maximum Gasteiger partial charge on any atom is 0.321 e. The van der Waals surface area contributed by atoms with Gasteiger partial charge in [-0.25, -0.2) is 4.79 Å². The molecule has 1 fully saturated rings. The first-order chi connectivity index (χ1) is 8.13. The van der Waals surface area contributed by atoms with E-state index in [1.807, 2.05) is 4.90 Å². The van der Waals surface area contributed by atoms with Crippen LogP contribution in [-0.2, 0) is 4.79 Å². The summed E-state index contributed by atoms with van der Waals surface area (Å²) in [5.74, 6) is -0.277. The van der Waals surface area contributed by atoms with Crippen molar-refractivity contribution in [2.24, 2.45) is 0 Å². The topological polar surface area (TPSA) is 73.5 Å². The minimum Gasteiger partial charge on any atom is -0.334 e. The van der Waals surface area contributed by atoms with Crippen molar-refractivity contribution in [3.63, 3.8) is 0 Å². The van der Waals surface area contributed by atoms with Crippen LogP contribution in [0.5, 0.6) is 0 Å². The second-order valence-corrected chi connectivity index (χ2v) is 4.07. The zero-order chi connectivity index (χ0) is 12.7. The molecule has 0 saturated carbocycles. The van der Waals surface area contributed by atoms with Crippen molar-refractivity contribution in [3.8, 4) is 0 Å². The van der Waals surface area contributed by atoms with E-state index in [4.69, 9.17) is 0 Å². The second kappa shape index (κ2) is 7.03. The molecule has 0 bridgehead atoms. The first-order valence-corrected chi connectivity index (χ1v) is 5.77. The van der Waals surface area contributed by atoms with E-state index < -0.39 is 6.03 Å². The van der Waals surface area contributed by atoms with Crippen molar-refractivity contribution in [3.05, 3.63) is 12.7 Å². The fourth-order valence-electron chi connectivity index (χ4n) is 1.68. The van der Waals surface area contributed by atoms with Crippen molar-refractivity contribution in [2.75, 3.05) is 32.7 Å². The van der Waals surface area contributed by atoms with Gasteiger partial charge >= 0.3 is 6.03 Å². The lowest BCUT2D eigenvalue weighted by Crippen LogP contribution is -2.53. The Bertz CT molecular complexity index is 293. The zero-order valence-corrected chi connectivity index (χ0v) is 10.2. The average molecular weight is 240 g/mol. The SMILES string of the molecule is C=CCNC(=O)NC(=O)CN1CCNCC1C. The number of carbonyl (C=O) groups is 2. The Morgan fingerprint density at radius 1 is 1.59 bits per heavy atom. The van der Waals surface area contributed by atoms with Gasteiger partial charge in [0.05, 0.1) is 6.54 Å². The van der Waals surface area contributed by atoms with Crippen LogP contribution in [0.25, 0.3) is 0 Å². The van der Waals surface area contributed by atoms with Crippen LogP contribution in [0.1, 0.15) is 6.92 Å². The van der Waals surface area contributed by atoms with Gasteiger partial charge in [0.25, 0.3) is 0 Å². The molecule has 3 amide bonds. The molecule has 6 nitrogen and oxygen atoms in total. The third-order valence-corrected chi connectivity index (χ3v) is 2.65. The summed E-state index contributed by atoms with van der Waals surface area (Å²) >= 11 is 0. The summed E-state index contributed by atoms with van der Waals surface area (Å²) in [6.07, 6.45) is 1.56. The molecule has 6 heteroatoms. The first kappa shape index (κ1) is 13.7. The molecule has 1 saturated heterocycles. The molecular weight excluding hydrogens is 220 g/mol. The number of amides is 3. The molecule has 0 spiro atoms. The van der Waals surface area contributed by atoms with E-state index in [2.05, 4.69) is 29.5 Å². The lowest BCUT2D eigenvalue weighted by Gasteiger charge is -2.33. The van der Waals surface area contributed by atoms with Gasteiger partial charge < -0.3 is 10.6 Å². The second-order valence-electron chi connectivity index (χ2n) is 4.07. The summed E-state index contributed by atoms with van der Waals surface area (Å²) in [7, 11) is 0. The van der Waals surface area contributed by atoms with E-state index in [1.54, 1.807) is 6.08 Å². The Labute approximate surface area is 101 Å². The van der Waals surface area contributed by atoms with Crippen LogP contribution in [0.15, 0.2) is 12.7 Å². The molecule has 1 rings (SSSR count). The molecule has 0 aromatic rings. The molecule has 1 atom stereocenters. The molecule has 3 N–H and O–H groups in total. The predicted molar refractivity (Wildman–Crippen MR) is 65.6 cm³/mol. The molecule has 1 heterocycles. The smallest absolute Gasteiger partial charge is 0.321 e. The fourth-order valence-corrected chi connectivity index (χ4v) is 1.68. The van der Waals surface area contributed by atoms with Crippen LogP contribution in [0.3, 0.4) is 0 Å². The van der Waals surface area contributed by atoms with Crippen molar-refractivity contribution in [1.29, 1.82) is 0 Å². The van der Waals surface area contributed by atoms with Gasteiger partial charge in [-0.2, -0.15) is 0 Å². The molecule has 17 heavy (non-hydrogen) atoms. The summed E-state index contributed by atoms with van der Waals surface area (Å²) in [6.45, 7) is 8.70. The van der Waals surface area contributed by atoms with E-state index >= 15 is 0 Å². The number of carbonyl (C=O) groups excluding carboxylic acids is 2. The third kappa shape index (κ3) is 4.97. The number of nitrogens with zero attached hydrogens (tertiary/aromatic N) is 1.